The van der Waals surface area contributed by atoms with Gasteiger partial charge in [-0.15, -0.1) is 11.3 Å². The molecule has 4 saturated carbocycles. The smallest absolute Gasteiger partial charge is 0.407 e. The topological polar surface area (TPSA) is 111 Å². The lowest BCUT2D eigenvalue weighted by atomic mass is 9.57. The zero-order valence-corrected chi connectivity index (χ0v) is 20.7. The Morgan fingerprint density at radius 2 is 1.85 bits per heavy atom. The highest BCUT2D eigenvalue weighted by atomic mass is 32.2. The van der Waals surface area contributed by atoms with Crippen LogP contribution < -0.4 is 11.1 Å². The number of thiazole rings is 1. The molecule has 1 aromatic heterocycles. The largest absolute Gasteiger partial charge is 0.447 e. The first kappa shape index (κ1) is 22.7. The Kier molecular flexibility index (Phi) is 5.47. The monoisotopic (exact) mass is 489 g/mol. The number of carbonyl (C=O) groups is 1. The summed E-state index contributed by atoms with van der Waals surface area (Å²) in [5.41, 5.74) is 6.93. The van der Waals surface area contributed by atoms with E-state index in [0.717, 1.165) is 48.4 Å². The Morgan fingerprint density at radius 1 is 1.18 bits per heavy atom. The number of amides is 1. The number of alkyl carbamates (subject to hydrolysis) is 1. The maximum Gasteiger partial charge on any atom is 0.407 e. The van der Waals surface area contributed by atoms with E-state index < -0.39 is 9.84 Å². The van der Waals surface area contributed by atoms with Crippen LogP contribution in [0.3, 0.4) is 0 Å². The van der Waals surface area contributed by atoms with Crippen LogP contribution in [-0.2, 0) is 20.0 Å². The molecule has 1 aromatic carbocycles. The number of rotatable bonds is 6. The second-order valence-electron chi connectivity index (χ2n) is 10.2. The molecule has 4 aliphatic carbocycles. The maximum atomic E-state index is 13.0. The molecule has 0 radical (unpaired) electrons. The summed E-state index contributed by atoms with van der Waals surface area (Å²) in [5, 5.41) is 3.92. The van der Waals surface area contributed by atoms with Crippen molar-refractivity contribution in [3.63, 3.8) is 0 Å². The first-order valence-corrected chi connectivity index (χ1v) is 14.1. The lowest BCUT2D eigenvalue weighted by Gasteiger charge is -2.52. The van der Waals surface area contributed by atoms with E-state index in [1.165, 1.54) is 0 Å². The summed E-state index contributed by atoms with van der Waals surface area (Å²) in [6.45, 7) is 3.71. The van der Waals surface area contributed by atoms with E-state index >= 15 is 0 Å². The zero-order chi connectivity index (χ0) is 23.4. The quantitative estimate of drug-likeness (QED) is 0.564. The second kappa shape index (κ2) is 7.98. The Labute approximate surface area is 199 Å². The highest BCUT2D eigenvalue weighted by molar-refractivity contribution is 7.92. The van der Waals surface area contributed by atoms with E-state index in [9.17, 15) is 13.2 Å². The van der Waals surface area contributed by atoms with Crippen molar-refractivity contribution >= 4 is 33.0 Å². The van der Waals surface area contributed by atoms with Gasteiger partial charge in [-0.3, -0.25) is 0 Å². The van der Waals surface area contributed by atoms with Crippen molar-refractivity contribution in [2.45, 2.75) is 92.4 Å². The molecule has 0 atom stereocenters. The van der Waals surface area contributed by atoms with Crippen LogP contribution in [0.25, 0.3) is 10.4 Å². The molecule has 9 heteroatoms. The minimum atomic E-state index is -3.38. The fourth-order valence-corrected chi connectivity index (χ4v) is 8.53. The van der Waals surface area contributed by atoms with Crippen LogP contribution in [0.1, 0.15) is 70.2 Å². The van der Waals surface area contributed by atoms with Gasteiger partial charge in [-0.25, -0.2) is 18.2 Å². The van der Waals surface area contributed by atoms with Gasteiger partial charge in [0, 0.05) is 28.4 Å². The van der Waals surface area contributed by atoms with Crippen molar-refractivity contribution in [1.82, 2.24) is 10.3 Å². The molecular formula is C24H31N3O4S2. The number of fused-ring (bicyclic) bond motifs is 3. The van der Waals surface area contributed by atoms with Crippen LogP contribution in [0.2, 0.25) is 0 Å². The first-order valence-electron chi connectivity index (χ1n) is 11.7. The summed E-state index contributed by atoms with van der Waals surface area (Å²) in [7, 11) is -3.38. The molecule has 178 valence electrons. The van der Waals surface area contributed by atoms with Crippen molar-refractivity contribution in [3.8, 4) is 10.4 Å². The Balaban J connectivity index is 1.38. The number of nitrogens with zero attached hydrogens (tertiary/aromatic N) is 1. The molecular weight excluding hydrogens is 458 g/mol. The number of hydrogen-bond acceptors (Lipinski definition) is 7. The van der Waals surface area contributed by atoms with Gasteiger partial charge in [-0.2, -0.15) is 0 Å². The number of carbonyl (C=O) groups excluding carboxylic acids is 1. The van der Waals surface area contributed by atoms with Gasteiger partial charge in [0.1, 0.15) is 0 Å². The molecule has 2 bridgehead atoms. The van der Waals surface area contributed by atoms with Crippen molar-refractivity contribution in [3.05, 3.63) is 29.4 Å². The first-order chi connectivity index (χ1) is 15.6. The SMILES string of the molecule is CC(C)OC(=O)NC12CCC(c3ncc(-c4ccc(N)cc4S(=O)(=O)C4CC4)s3)(CC1)CC2. The summed E-state index contributed by atoms with van der Waals surface area (Å²) < 4.78 is 31.4. The number of nitrogen functional groups attached to an aromatic ring is 1. The molecule has 0 unspecified atom stereocenters. The Bertz CT molecular complexity index is 1160. The zero-order valence-electron chi connectivity index (χ0n) is 19.1. The number of hydrogen-bond donors (Lipinski definition) is 2. The maximum absolute atomic E-state index is 13.0. The standard InChI is InChI=1S/C24H31N3O4S2/c1-15(2)31-22(28)27-24-10-7-23(8-11-24,9-12-24)21-26-14-19(32-21)18-6-3-16(25)13-20(18)33(29,30)17-4-5-17/h3,6,13-15,17H,4-5,7-12,25H2,1-2H3,(H,27,28). The minimum Gasteiger partial charge on any atom is -0.447 e. The van der Waals surface area contributed by atoms with Gasteiger partial charge >= 0.3 is 6.09 Å². The molecule has 4 aliphatic rings. The van der Waals surface area contributed by atoms with Gasteiger partial charge in [-0.05, 0) is 77.3 Å². The molecule has 3 N–H and O–H groups in total. The fourth-order valence-electron chi connectivity index (χ4n) is 5.33. The van der Waals surface area contributed by atoms with Gasteiger partial charge in [-0.1, -0.05) is 6.07 Å². The van der Waals surface area contributed by atoms with Crippen molar-refractivity contribution in [2.75, 3.05) is 5.73 Å². The molecule has 7 nitrogen and oxygen atoms in total. The molecule has 6 rings (SSSR count). The number of benzene rings is 1. The molecule has 1 heterocycles. The second-order valence-corrected chi connectivity index (χ2v) is 13.4. The molecule has 4 fully saturated rings. The number of anilines is 1. The van der Waals surface area contributed by atoms with Crippen LogP contribution in [0.4, 0.5) is 10.5 Å². The van der Waals surface area contributed by atoms with Gasteiger partial charge in [0.25, 0.3) is 0 Å². The van der Waals surface area contributed by atoms with E-state index in [4.69, 9.17) is 15.5 Å². The molecule has 1 amide bonds. The predicted molar refractivity (Wildman–Crippen MR) is 129 cm³/mol. The van der Waals surface area contributed by atoms with Crippen molar-refractivity contribution in [1.29, 1.82) is 0 Å². The normalized spacial score (nSPS) is 27.0. The lowest BCUT2D eigenvalue weighted by Crippen LogP contribution is -2.58. The lowest BCUT2D eigenvalue weighted by molar-refractivity contribution is 0.0560. The molecule has 2 aromatic rings. The Morgan fingerprint density at radius 3 is 2.45 bits per heavy atom. The van der Waals surface area contributed by atoms with E-state index in [2.05, 4.69) is 5.32 Å². The minimum absolute atomic E-state index is 0.00234. The predicted octanol–water partition coefficient (Wildman–Crippen LogP) is 4.81. The number of ether oxygens (including phenoxy) is 1. The molecule has 0 spiro atoms. The van der Waals surface area contributed by atoms with Crippen molar-refractivity contribution in [2.24, 2.45) is 0 Å². The molecule has 0 aliphatic heterocycles. The van der Waals surface area contributed by atoms with E-state index in [1.807, 2.05) is 26.1 Å². The van der Waals surface area contributed by atoms with Crippen LogP contribution in [0.15, 0.2) is 29.3 Å². The summed E-state index contributed by atoms with van der Waals surface area (Å²) in [5.74, 6) is 0. The summed E-state index contributed by atoms with van der Waals surface area (Å²) in [6, 6.07) is 5.17. The third kappa shape index (κ3) is 4.14. The third-order valence-corrected chi connectivity index (χ3v) is 11.0. The van der Waals surface area contributed by atoms with E-state index in [-0.39, 0.29) is 28.4 Å². The van der Waals surface area contributed by atoms with Gasteiger partial charge < -0.3 is 15.8 Å². The van der Waals surface area contributed by atoms with Gasteiger partial charge in [0.05, 0.1) is 26.1 Å². The van der Waals surface area contributed by atoms with Gasteiger partial charge in [0.2, 0.25) is 0 Å². The molecule has 33 heavy (non-hydrogen) atoms. The van der Waals surface area contributed by atoms with Crippen LogP contribution in [0, 0.1) is 0 Å². The highest BCUT2D eigenvalue weighted by Gasteiger charge is 2.51. The van der Waals surface area contributed by atoms with Crippen LogP contribution >= 0.6 is 11.3 Å². The number of nitrogens with two attached hydrogens (primary N) is 1. The third-order valence-electron chi connectivity index (χ3n) is 7.46. The van der Waals surface area contributed by atoms with Crippen LogP contribution in [0.5, 0.6) is 0 Å². The number of nitrogens with one attached hydrogen (secondary N) is 1. The number of aromatic nitrogens is 1. The summed E-state index contributed by atoms with van der Waals surface area (Å²) in [4.78, 5) is 18.2. The Hall–Kier alpha value is -2.13. The number of sulfone groups is 1. The highest BCUT2D eigenvalue weighted by Crippen LogP contribution is 2.55. The van der Waals surface area contributed by atoms with E-state index in [1.54, 1.807) is 23.5 Å². The van der Waals surface area contributed by atoms with Crippen LogP contribution in [-0.4, -0.2) is 36.4 Å². The van der Waals surface area contributed by atoms with Crippen molar-refractivity contribution < 1.29 is 17.9 Å². The summed E-state index contributed by atoms with van der Waals surface area (Å²) >= 11 is 1.60. The average Bonchev–Trinajstić information content (AvgIpc) is 3.52. The van der Waals surface area contributed by atoms with Gasteiger partial charge in [0.15, 0.2) is 9.84 Å². The molecule has 0 saturated heterocycles. The van der Waals surface area contributed by atoms with E-state index in [0.29, 0.717) is 29.0 Å². The average molecular weight is 490 g/mol. The summed E-state index contributed by atoms with van der Waals surface area (Å²) in [6.07, 6.45) is 8.36. The fraction of sp³-hybridized carbons (Fsp3) is 0.583.